The van der Waals surface area contributed by atoms with Gasteiger partial charge in [-0.05, 0) is 31.4 Å². The summed E-state index contributed by atoms with van der Waals surface area (Å²) in [6, 6.07) is 2.75. The molecule has 140 valence electrons. The molecule has 0 bridgehead atoms. The van der Waals surface area contributed by atoms with E-state index in [-0.39, 0.29) is 10.8 Å². The van der Waals surface area contributed by atoms with Gasteiger partial charge in [0.25, 0.3) is 0 Å². The molecule has 1 fully saturated rings. The highest BCUT2D eigenvalue weighted by atomic mass is 32.2. The zero-order valence-electron chi connectivity index (χ0n) is 15.7. The first kappa shape index (κ1) is 19.7. The molecule has 6 nitrogen and oxygen atoms in total. The van der Waals surface area contributed by atoms with E-state index in [1.807, 2.05) is 19.9 Å². The first-order chi connectivity index (χ1) is 11.7. The number of nitrogens with zero attached hydrogens (tertiary/aromatic N) is 2. The fourth-order valence-electron chi connectivity index (χ4n) is 3.28. The van der Waals surface area contributed by atoms with Crippen molar-refractivity contribution in [3.63, 3.8) is 0 Å². The first-order valence-corrected chi connectivity index (χ1v) is 10.1. The minimum Gasteiger partial charge on any atom is -0.496 e. The van der Waals surface area contributed by atoms with E-state index in [0.29, 0.717) is 30.8 Å². The molecule has 0 spiro atoms. The van der Waals surface area contributed by atoms with Crippen LogP contribution in [-0.4, -0.2) is 56.8 Å². The van der Waals surface area contributed by atoms with Crippen molar-refractivity contribution >= 4 is 15.9 Å². The van der Waals surface area contributed by atoms with Gasteiger partial charge in [-0.3, -0.25) is 4.79 Å². The Hall–Kier alpha value is -1.60. The molecule has 1 aliphatic heterocycles. The highest BCUT2D eigenvalue weighted by Crippen LogP contribution is 2.31. The Labute approximate surface area is 150 Å². The van der Waals surface area contributed by atoms with Gasteiger partial charge < -0.3 is 9.64 Å². The summed E-state index contributed by atoms with van der Waals surface area (Å²) in [5.74, 6) is 0.412. The van der Waals surface area contributed by atoms with Gasteiger partial charge in [-0.25, -0.2) is 8.42 Å². The number of amides is 1. The quantitative estimate of drug-likeness (QED) is 0.773. The van der Waals surface area contributed by atoms with E-state index in [1.54, 1.807) is 24.9 Å². The number of likely N-dealkylation sites (N-methyl/N-ethyl adjacent to an activating group) is 1. The van der Waals surface area contributed by atoms with Gasteiger partial charge in [0, 0.05) is 26.2 Å². The molecule has 1 saturated heterocycles. The topological polar surface area (TPSA) is 66.9 Å². The molecule has 0 N–H and O–H groups in total. The number of unbranched alkanes of at least 4 members (excludes halogenated alkanes) is 1. The highest BCUT2D eigenvalue weighted by molar-refractivity contribution is 7.89. The Balaban J connectivity index is 2.48. The minimum absolute atomic E-state index is 0.125. The van der Waals surface area contributed by atoms with Gasteiger partial charge in [0.15, 0.2) is 0 Å². The minimum atomic E-state index is -3.77. The average Bonchev–Trinajstić information content (AvgIpc) is 2.55. The molecule has 2 rings (SSSR count). The second kappa shape index (κ2) is 7.74. The Bertz CT molecular complexity index is 746. The summed E-state index contributed by atoms with van der Waals surface area (Å²) in [5.41, 5.74) is 1.55. The van der Waals surface area contributed by atoms with Crippen LogP contribution in [0.2, 0.25) is 0 Å². The number of hydrogen-bond acceptors (Lipinski definition) is 4. The maximum atomic E-state index is 13.3. The third kappa shape index (κ3) is 3.82. The van der Waals surface area contributed by atoms with Gasteiger partial charge >= 0.3 is 0 Å². The van der Waals surface area contributed by atoms with Crippen LogP contribution < -0.4 is 4.74 Å². The lowest BCUT2D eigenvalue weighted by atomic mass is 10.1. The summed E-state index contributed by atoms with van der Waals surface area (Å²) < 4.78 is 33.3. The number of piperazine rings is 1. The Morgan fingerprint density at radius 3 is 2.48 bits per heavy atom. The maximum absolute atomic E-state index is 13.3. The molecule has 1 aliphatic rings. The van der Waals surface area contributed by atoms with Crippen LogP contribution in [0.5, 0.6) is 5.75 Å². The van der Waals surface area contributed by atoms with E-state index in [9.17, 15) is 13.2 Å². The van der Waals surface area contributed by atoms with Crippen LogP contribution in [0.3, 0.4) is 0 Å². The molecular formula is C18H28N2O4S. The van der Waals surface area contributed by atoms with Gasteiger partial charge in [-0.2, -0.15) is 4.31 Å². The number of hydrogen-bond donors (Lipinski definition) is 0. The number of ether oxygens (including phenoxy) is 1. The predicted octanol–water partition coefficient (Wildman–Crippen LogP) is 2.33. The lowest BCUT2D eigenvalue weighted by molar-refractivity contribution is -0.137. The van der Waals surface area contributed by atoms with Crippen molar-refractivity contribution in [2.75, 3.05) is 27.2 Å². The van der Waals surface area contributed by atoms with E-state index in [1.165, 1.54) is 11.4 Å². The molecule has 1 amide bonds. The molecule has 1 aromatic rings. The predicted molar refractivity (Wildman–Crippen MR) is 97.3 cm³/mol. The van der Waals surface area contributed by atoms with Crippen LogP contribution in [0.15, 0.2) is 17.0 Å². The fraction of sp³-hybridized carbons (Fsp3) is 0.611. The van der Waals surface area contributed by atoms with Crippen LogP contribution in [0.25, 0.3) is 0 Å². The zero-order valence-corrected chi connectivity index (χ0v) is 16.5. The van der Waals surface area contributed by atoms with Gasteiger partial charge in [0.1, 0.15) is 11.8 Å². The SMILES string of the molecule is CCCCC1C(=O)N(C)CCN1S(=O)(=O)c1cc(OC)c(C)cc1C. The molecule has 1 heterocycles. The number of benzene rings is 1. The van der Waals surface area contributed by atoms with Gasteiger partial charge in [-0.15, -0.1) is 0 Å². The molecule has 0 radical (unpaired) electrons. The molecule has 1 unspecified atom stereocenters. The maximum Gasteiger partial charge on any atom is 0.244 e. The van der Waals surface area contributed by atoms with E-state index >= 15 is 0 Å². The molecule has 0 saturated carbocycles. The van der Waals surface area contributed by atoms with Crippen molar-refractivity contribution < 1.29 is 17.9 Å². The summed E-state index contributed by atoms with van der Waals surface area (Å²) in [6.45, 7) is 6.41. The van der Waals surface area contributed by atoms with Crippen LogP contribution >= 0.6 is 0 Å². The van der Waals surface area contributed by atoms with Crippen molar-refractivity contribution in [2.45, 2.75) is 51.0 Å². The Morgan fingerprint density at radius 2 is 1.88 bits per heavy atom. The lowest BCUT2D eigenvalue weighted by Crippen LogP contribution is -2.57. The number of sulfonamides is 1. The monoisotopic (exact) mass is 368 g/mol. The molecular weight excluding hydrogens is 340 g/mol. The number of aryl methyl sites for hydroxylation is 2. The van der Waals surface area contributed by atoms with Crippen LogP contribution in [0, 0.1) is 13.8 Å². The largest absolute Gasteiger partial charge is 0.496 e. The molecule has 0 aromatic heterocycles. The number of carbonyl (C=O) groups is 1. The summed E-state index contributed by atoms with van der Waals surface area (Å²) in [7, 11) is -0.519. The van der Waals surface area contributed by atoms with Crippen LogP contribution in [0.4, 0.5) is 0 Å². The third-order valence-electron chi connectivity index (χ3n) is 4.77. The lowest BCUT2D eigenvalue weighted by Gasteiger charge is -2.38. The van der Waals surface area contributed by atoms with Crippen molar-refractivity contribution in [3.05, 3.63) is 23.3 Å². The van der Waals surface area contributed by atoms with Crippen molar-refractivity contribution in [2.24, 2.45) is 0 Å². The van der Waals surface area contributed by atoms with Crippen LogP contribution in [0.1, 0.15) is 37.3 Å². The third-order valence-corrected chi connectivity index (χ3v) is 6.83. The molecule has 1 aromatic carbocycles. The standard InChI is InChI=1S/C18H28N2O4S/c1-6-7-8-15-18(21)19(4)9-10-20(15)25(22,23)17-12-16(24-5)13(2)11-14(17)3/h11-12,15H,6-10H2,1-5H3. The number of carbonyl (C=O) groups excluding carboxylic acids is 1. The summed E-state index contributed by atoms with van der Waals surface area (Å²) in [6.07, 6.45) is 2.27. The fourth-order valence-corrected chi connectivity index (χ4v) is 5.11. The summed E-state index contributed by atoms with van der Waals surface area (Å²) >= 11 is 0. The van der Waals surface area contributed by atoms with Gasteiger partial charge in [0.2, 0.25) is 15.9 Å². The van der Waals surface area contributed by atoms with E-state index in [4.69, 9.17) is 4.74 Å². The Kier molecular flexibility index (Phi) is 6.11. The molecule has 25 heavy (non-hydrogen) atoms. The van der Waals surface area contributed by atoms with Gasteiger partial charge in [-0.1, -0.05) is 25.8 Å². The van der Waals surface area contributed by atoms with Crippen molar-refractivity contribution in [1.29, 1.82) is 0 Å². The normalized spacial score (nSPS) is 19.3. The first-order valence-electron chi connectivity index (χ1n) is 8.66. The molecule has 0 aliphatic carbocycles. The summed E-state index contributed by atoms with van der Waals surface area (Å²) in [4.78, 5) is 14.4. The molecule has 1 atom stereocenters. The van der Waals surface area contributed by atoms with E-state index < -0.39 is 16.1 Å². The smallest absolute Gasteiger partial charge is 0.244 e. The van der Waals surface area contributed by atoms with Gasteiger partial charge in [0.05, 0.1) is 12.0 Å². The van der Waals surface area contributed by atoms with E-state index in [0.717, 1.165) is 18.4 Å². The van der Waals surface area contributed by atoms with Crippen LogP contribution in [-0.2, 0) is 14.8 Å². The second-order valence-corrected chi connectivity index (χ2v) is 8.48. The molecule has 7 heteroatoms. The average molecular weight is 368 g/mol. The number of methoxy groups -OCH3 is 1. The zero-order chi connectivity index (χ0) is 18.8. The second-order valence-electron chi connectivity index (χ2n) is 6.62. The van der Waals surface area contributed by atoms with E-state index in [2.05, 4.69) is 0 Å². The van der Waals surface area contributed by atoms with Crippen molar-refractivity contribution in [3.8, 4) is 5.75 Å². The number of rotatable bonds is 6. The van der Waals surface area contributed by atoms with Crippen molar-refractivity contribution in [1.82, 2.24) is 9.21 Å². The highest BCUT2D eigenvalue weighted by Gasteiger charge is 2.40. The summed E-state index contributed by atoms with van der Waals surface area (Å²) in [5, 5.41) is 0. The Morgan fingerprint density at radius 1 is 1.20 bits per heavy atom.